The minimum absolute atomic E-state index is 0.0808. The summed E-state index contributed by atoms with van der Waals surface area (Å²) < 4.78 is 0.454. The SMILES string of the molecule is O=C([O-])CCCN1C(=O)C(=Cc2cccc[nH+]2)SC1=S. The molecule has 2 rings (SSSR count). The fourth-order valence-corrected chi connectivity index (χ4v) is 3.01. The van der Waals surface area contributed by atoms with Gasteiger partial charge in [-0.2, -0.15) is 0 Å². The molecule has 1 saturated heterocycles. The van der Waals surface area contributed by atoms with E-state index >= 15 is 0 Å². The Morgan fingerprint density at radius 2 is 2.30 bits per heavy atom. The van der Waals surface area contributed by atoms with Crippen LogP contribution in [0.5, 0.6) is 0 Å². The van der Waals surface area contributed by atoms with E-state index < -0.39 is 5.97 Å². The molecule has 0 saturated carbocycles. The topological polar surface area (TPSA) is 74.6 Å². The summed E-state index contributed by atoms with van der Waals surface area (Å²) >= 11 is 6.37. The second-order valence-electron chi connectivity index (χ2n) is 4.13. The van der Waals surface area contributed by atoms with E-state index in [1.165, 1.54) is 16.7 Å². The molecule has 0 atom stereocenters. The summed E-state index contributed by atoms with van der Waals surface area (Å²) in [5, 5.41) is 10.4. The van der Waals surface area contributed by atoms with Crippen molar-refractivity contribution in [2.45, 2.75) is 12.8 Å². The van der Waals surface area contributed by atoms with Crippen LogP contribution >= 0.6 is 24.0 Å². The van der Waals surface area contributed by atoms with Crippen molar-refractivity contribution < 1.29 is 19.7 Å². The molecule has 1 fully saturated rings. The summed E-state index contributed by atoms with van der Waals surface area (Å²) in [4.78, 5) is 27.5. The van der Waals surface area contributed by atoms with Gasteiger partial charge in [0.2, 0.25) is 5.69 Å². The number of aromatic amines is 1. The number of hydrogen-bond donors (Lipinski definition) is 0. The van der Waals surface area contributed by atoms with Gasteiger partial charge >= 0.3 is 0 Å². The van der Waals surface area contributed by atoms with Gasteiger partial charge in [0.25, 0.3) is 5.91 Å². The lowest BCUT2D eigenvalue weighted by atomic mass is 10.3. The third-order valence-corrected chi connectivity index (χ3v) is 4.03. The first-order valence-corrected chi connectivity index (χ1v) is 7.22. The molecule has 1 N–H and O–H groups in total. The van der Waals surface area contributed by atoms with Crippen LogP contribution in [-0.2, 0) is 9.59 Å². The highest BCUT2D eigenvalue weighted by atomic mass is 32.2. The second-order valence-corrected chi connectivity index (χ2v) is 5.80. The van der Waals surface area contributed by atoms with Crippen LogP contribution in [0.1, 0.15) is 18.5 Å². The zero-order chi connectivity index (χ0) is 14.5. The van der Waals surface area contributed by atoms with Crippen molar-refractivity contribution in [3.05, 3.63) is 35.0 Å². The van der Waals surface area contributed by atoms with E-state index in [-0.39, 0.29) is 12.3 Å². The standard InChI is InChI=1S/C13H12N2O3S2/c16-11(17)5-3-7-15-12(18)10(20-13(15)19)8-9-4-1-2-6-14-9/h1-2,4,6,8H,3,5,7H2,(H,16,17). The third kappa shape index (κ3) is 3.64. The van der Waals surface area contributed by atoms with Gasteiger partial charge in [-0.1, -0.05) is 24.0 Å². The molecular weight excluding hydrogens is 296 g/mol. The van der Waals surface area contributed by atoms with Gasteiger partial charge in [-0.3, -0.25) is 9.69 Å². The molecule has 1 aromatic rings. The molecule has 2 heterocycles. The number of H-pyrrole nitrogens is 1. The lowest BCUT2D eigenvalue weighted by Gasteiger charge is -2.14. The lowest BCUT2D eigenvalue weighted by molar-refractivity contribution is -0.380. The van der Waals surface area contributed by atoms with Gasteiger partial charge in [-0.15, -0.1) is 0 Å². The molecule has 0 radical (unpaired) electrons. The first-order valence-electron chi connectivity index (χ1n) is 6.00. The number of carbonyl (C=O) groups is 2. The number of carbonyl (C=O) groups excluding carboxylic acids is 2. The van der Waals surface area contributed by atoms with Crippen LogP contribution in [0.25, 0.3) is 6.08 Å². The molecular formula is C13H12N2O3S2. The van der Waals surface area contributed by atoms with E-state index in [0.717, 1.165) is 5.69 Å². The predicted molar refractivity (Wildman–Crippen MR) is 77.1 cm³/mol. The Morgan fingerprint density at radius 1 is 1.50 bits per heavy atom. The zero-order valence-corrected chi connectivity index (χ0v) is 12.1. The fraction of sp³-hybridized carbons (Fsp3) is 0.231. The Bertz CT molecular complexity index is 572. The Labute approximate surface area is 125 Å². The smallest absolute Gasteiger partial charge is 0.266 e. The first kappa shape index (κ1) is 14.7. The number of nitrogens with one attached hydrogen (secondary N) is 1. The van der Waals surface area contributed by atoms with Gasteiger partial charge in [-0.05, 0) is 18.9 Å². The van der Waals surface area contributed by atoms with Crippen LogP contribution in [0.3, 0.4) is 0 Å². The number of thiocarbonyl (C=S) groups is 1. The maximum absolute atomic E-state index is 12.2. The lowest BCUT2D eigenvalue weighted by Crippen LogP contribution is -2.30. The van der Waals surface area contributed by atoms with Crippen molar-refractivity contribution in [1.29, 1.82) is 0 Å². The maximum Gasteiger partial charge on any atom is 0.266 e. The molecule has 1 aliphatic heterocycles. The molecule has 1 aliphatic rings. The van der Waals surface area contributed by atoms with E-state index in [0.29, 0.717) is 22.2 Å². The molecule has 0 aromatic carbocycles. The van der Waals surface area contributed by atoms with E-state index in [4.69, 9.17) is 12.2 Å². The van der Waals surface area contributed by atoms with Crippen LogP contribution in [0.15, 0.2) is 29.3 Å². The normalized spacial score (nSPS) is 17.0. The average molecular weight is 308 g/mol. The molecule has 1 amide bonds. The van der Waals surface area contributed by atoms with Gasteiger partial charge < -0.3 is 9.90 Å². The number of thioether (sulfide) groups is 1. The Morgan fingerprint density at radius 3 is 2.95 bits per heavy atom. The number of aromatic nitrogens is 1. The highest BCUT2D eigenvalue weighted by Crippen LogP contribution is 2.32. The van der Waals surface area contributed by atoms with E-state index in [1.807, 2.05) is 18.2 Å². The molecule has 7 heteroatoms. The van der Waals surface area contributed by atoms with Crippen molar-refractivity contribution in [1.82, 2.24) is 4.90 Å². The number of carboxylic acids is 1. The Hall–Kier alpha value is -1.73. The van der Waals surface area contributed by atoms with Crippen molar-refractivity contribution >= 4 is 46.3 Å². The van der Waals surface area contributed by atoms with E-state index in [2.05, 4.69) is 4.98 Å². The van der Waals surface area contributed by atoms with Crippen molar-refractivity contribution in [3.8, 4) is 0 Å². The molecule has 0 spiro atoms. The zero-order valence-electron chi connectivity index (χ0n) is 10.5. The summed E-state index contributed by atoms with van der Waals surface area (Å²) in [6.45, 7) is 0.300. The van der Waals surface area contributed by atoms with Gasteiger partial charge in [-0.25, -0.2) is 4.98 Å². The van der Waals surface area contributed by atoms with Gasteiger partial charge in [0, 0.05) is 30.7 Å². The molecule has 5 nitrogen and oxygen atoms in total. The average Bonchev–Trinajstić information content (AvgIpc) is 2.67. The summed E-state index contributed by atoms with van der Waals surface area (Å²) in [7, 11) is 0. The quantitative estimate of drug-likeness (QED) is 0.575. The molecule has 104 valence electrons. The van der Waals surface area contributed by atoms with Gasteiger partial charge in [0.05, 0.1) is 4.91 Å². The van der Waals surface area contributed by atoms with Crippen LogP contribution in [0.4, 0.5) is 0 Å². The largest absolute Gasteiger partial charge is 0.550 e. The number of rotatable bonds is 5. The van der Waals surface area contributed by atoms with E-state index in [1.54, 1.807) is 12.3 Å². The minimum atomic E-state index is -1.12. The van der Waals surface area contributed by atoms with Crippen molar-refractivity contribution in [3.63, 3.8) is 0 Å². The van der Waals surface area contributed by atoms with Crippen LogP contribution in [0.2, 0.25) is 0 Å². The second kappa shape index (κ2) is 6.62. The predicted octanol–water partition coefficient (Wildman–Crippen LogP) is 0.232. The number of amides is 1. The third-order valence-electron chi connectivity index (χ3n) is 2.66. The summed E-state index contributed by atoms with van der Waals surface area (Å²) in [6.07, 6.45) is 3.76. The monoisotopic (exact) mass is 308 g/mol. The van der Waals surface area contributed by atoms with Gasteiger partial charge in [0.15, 0.2) is 6.20 Å². The molecule has 20 heavy (non-hydrogen) atoms. The fourth-order valence-electron chi connectivity index (χ4n) is 1.71. The molecule has 0 aliphatic carbocycles. The van der Waals surface area contributed by atoms with Crippen LogP contribution in [0, 0.1) is 0 Å². The van der Waals surface area contributed by atoms with Gasteiger partial charge in [0.1, 0.15) is 4.32 Å². The maximum atomic E-state index is 12.2. The Balaban J connectivity index is 2.05. The number of carboxylic acid groups (broad SMARTS) is 1. The molecule has 0 unspecified atom stereocenters. The number of pyridine rings is 1. The molecule has 1 aromatic heterocycles. The number of aliphatic carboxylic acids is 1. The summed E-state index contributed by atoms with van der Waals surface area (Å²) in [5.41, 5.74) is 0.808. The van der Waals surface area contributed by atoms with Crippen molar-refractivity contribution in [2.75, 3.05) is 6.54 Å². The summed E-state index contributed by atoms with van der Waals surface area (Å²) in [5.74, 6) is -1.31. The van der Waals surface area contributed by atoms with Crippen LogP contribution < -0.4 is 10.1 Å². The minimum Gasteiger partial charge on any atom is -0.550 e. The molecule has 0 bridgehead atoms. The first-order chi connectivity index (χ1) is 9.58. The highest BCUT2D eigenvalue weighted by molar-refractivity contribution is 8.26. The number of nitrogens with zero attached hydrogens (tertiary/aromatic N) is 1. The summed E-state index contributed by atoms with van der Waals surface area (Å²) in [6, 6.07) is 5.56. The number of hydrogen-bond acceptors (Lipinski definition) is 5. The highest BCUT2D eigenvalue weighted by Gasteiger charge is 2.31. The van der Waals surface area contributed by atoms with Crippen molar-refractivity contribution in [2.24, 2.45) is 0 Å². The van der Waals surface area contributed by atoms with E-state index in [9.17, 15) is 14.7 Å². The Kier molecular flexibility index (Phi) is 4.86. The van der Waals surface area contributed by atoms with Crippen LogP contribution in [-0.4, -0.2) is 27.6 Å².